The minimum absolute atomic E-state index is 0.145. The number of halogens is 9. The molecule has 178 valence electrons. The average molecular weight is 606 g/mol. The second kappa shape index (κ2) is 8.44. The number of rotatable bonds is 3. The average Bonchev–Trinajstić information content (AvgIpc) is 2.71. The van der Waals surface area contributed by atoms with Crippen molar-refractivity contribution in [3.63, 3.8) is 0 Å². The quantitative estimate of drug-likeness (QED) is 0.258. The van der Waals surface area contributed by atoms with E-state index in [2.05, 4.69) is 0 Å². The zero-order chi connectivity index (χ0) is 25.0. The Hall–Kier alpha value is -1.82. The molecule has 2 aromatic rings. The lowest BCUT2D eigenvalue weighted by molar-refractivity contribution is -0.346. The molecular weight excluding hydrogens is 590 g/mol. The van der Waals surface area contributed by atoms with Gasteiger partial charge in [-0.1, -0.05) is 41.9 Å². The van der Waals surface area contributed by atoms with E-state index in [4.69, 9.17) is 11.6 Å². The van der Waals surface area contributed by atoms with Gasteiger partial charge in [-0.3, -0.25) is 4.79 Å². The van der Waals surface area contributed by atoms with Crippen LogP contribution in [-0.2, 0) is 4.79 Å². The fourth-order valence-corrected chi connectivity index (χ4v) is 5.40. The van der Waals surface area contributed by atoms with Crippen LogP contribution in [0.3, 0.4) is 0 Å². The fourth-order valence-electron chi connectivity index (χ4n) is 3.99. The molecule has 1 amide bonds. The Bertz CT molecular complexity index is 1100. The van der Waals surface area contributed by atoms with Crippen molar-refractivity contribution >= 4 is 54.9 Å². The van der Waals surface area contributed by atoms with Crippen molar-refractivity contribution in [2.45, 2.75) is 31.4 Å². The van der Waals surface area contributed by atoms with Crippen LogP contribution >= 0.6 is 34.2 Å². The van der Waals surface area contributed by atoms with Crippen LogP contribution in [0.5, 0.6) is 0 Å². The fraction of sp³-hybridized carbons (Fsp3) is 0.318. The van der Waals surface area contributed by atoms with Gasteiger partial charge in [0.1, 0.15) is 0 Å². The van der Waals surface area contributed by atoms with Crippen LogP contribution in [0.2, 0.25) is 5.02 Å². The Balaban J connectivity index is 2.40. The summed E-state index contributed by atoms with van der Waals surface area (Å²) < 4.78 is 96.2. The predicted octanol–water partition coefficient (Wildman–Crippen LogP) is 7.85. The Morgan fingerprint density at radius 2 is 1.55 bits per heavy atom. The van der Waals surface area contributed by atoms with Crippen molar-refractivity contribution in [1.29, 1.82) is 0 Å². The molecule has 11 heteroatoms. The van der Waals surface area contributed by atoms with E-state index in [1.54, 1.807) is 52.9 Å². The molecule has 3 rings (SSSR count). The Morgan fingerprint density at radius 3 is 2.06 bits per heavy atom. The second-order valence-electron chi connectivity index (χ2n) is 7.89. The molecule has 1 heterocycles. The van der Waals surface area contributed by atoms with Crippen LogP contribution in [-0.4, -0.2) is 31.0 Å². The summed E-state index contributed by atoms with van der Waals surface area (Å²) in [5.74, 6) is -1.10. The number of carbonyl (C=O) groups is 1. The molecule has 1 aliphatic heterocycles. The number of hydrogen-bond acceptors (Lipinski definition) is 1. The van der Waals surface area contributed by atoms with Crippen molar-refractivity contribution < 1.29 is 35.5 Å². The summed E-state index contributed by atoms with van der Waals surface area (Å²) in [5, 5.41) is 0.145. The highest BCUT2D eigenvalue weighted by atomic mass is 127. The number of fused-ring (bicyclic) bond motifs is 1. The molecule has 2 nitrogen and oxygen atoms in total. The molecule has 0 spiro atoms. The summed E-state index contributed by atoms with van der Waals surface area (Å²) in [6.07, 6.45) is -14.8. The van der Waals surface area contributed by atoms with E-state index in [-0.39, 0.29) is 25.4 Å². The molecule has 0 N–H and O–H groups in total. The molecule has 0 radical (unpaired) electrons. The number of alkyl halides is 7. The van der Waals surface area contributed by atoms with Crippen LogP contribution in [0.4, 0.5) is 36.4 Å². The topological polar surface area (TPSA) is 20.3 Å². The van der Waals surface area contributed by atoms with Gasteiger partial charge in [-0.2, -0.15) is 26.3 Å². The normalized spacial score (nSPS) is 21.2. The third kappa shape index (κ3) is 4.24. The first kappa shape index (κ1) is 25.8. The Labute approximate surface area is 203 Å². The van der Waals surface area contributed by atoms with Crippen molar-refractivity contribution in [1.82, 2.24) is 0 Å². The van der Waals surface area contributed by atoms with Crippen molar-refractivity contribution in [2.24, 2.45) is 5.41 Å². The molecule has 0 bridgehead atoms. The molecule has 0 fully saturated rings. The van der Waals surface area contributed by atoms with Gasteiger partial charge in [-0.05, 0) is 58.9 Å². The van der Waals surface area contributed by atoms with E-state index in [1.807, 2.05) is 0 Å². The lowest BCUT2D eigenvalue weighted by Crippen LogP contribution is -2.58. The Kier molecular flexibility index (Phi) is 6.60. The highest BCUT2D eigenvalue weighted by Crippen LogP contribution is 2.59. The van der Waals surface area contributed by atoms with Crippen LogP contribution in [0.1, 0.15) is 24.5 Å². The van der Waals surface area contributed by atoms with Crippen molar-refractivity contribution in [2.75, 3.05) is 11.9 Å². The zero-order valence-electron chi connectivity index (χ0n) is 17.1. The van der Waals surface area contributed by atoms with E-state index in [0.717, 1.165) is 11.8 Å². The molecule has 2 aromatic carbocycles. The standard InChI is InChI=1S/C22H16ClF7INO/c1-19(11-20(24,21(25,26)27)22(28,29)30)16(17(31)12-6-4-3-5-7-12)14-10-13(23)8-9-15(14)32(2)18(19)33/h3-10H,11H2,1-2H3. The number of anilines is 1. The smallest absolute Gasteiger partial charge is 0.314 e. The van der Waals surface area contributed by atoms with Gasteiger partial charge in [0, 0.05) is 27.6 Å². The number of nitrogens with zero attached hydrogens (tertiary/aromatic N) is 1. The van der Waals surface area contributed by atoms with E-state index < -0.39 is 35.8 Å². The third-order valence-electron chi connectivity index (χ3n) is 5.66. The molecule has 0 saturated carbocycles. The summed E-state index contributed by atoms with van der Waals surface area (Å²) >= 11 is 7.84. The number of carbonyl (C=O) groups excluding carboxylic acids is 1. The Morgan fingerprint density at radius 1 is 1.00 bits per heavy atom. The molecule has 1 unspecified atom stereocenters. The molecule has 0 saturated heterocycles. The van der Waals surface area contributed by atoms with Gasteiger partial charge in [0.25, 0.3) is 0 Å². The number of amides is 1. The van der Waals surface area contributed by atoms with E-state index >= 15 is 0 Å². The maximum Gasteiger partial charge on any atom is 0.431 e. The molecule has 1 atom stereocenters. The summed E-state index contributed by atoms with van der Waals surface area (Å²) in [5.41, 5.74) is -7.51. The summed E-state index contributed by atoms with van der Waals surface area (Å²) in [7, 11) is 1.21. The van der Waals surface area contributed by atoms with Gasteiger partial charge >= 0.3 is 18.0 Å². The zero-order valence-corrected chi connectivity index (χ0v) is 20.0. The molecule has 1 aliphatic rings. The van der Waals surface area contributed by atoms with Gasteiger partial charge in [0.2, 0.25) is 5.91 Å². The summed E-state index contributed by atoms with van der Waals surface area (Å²) in [4.78, 5) is 14.3. The summed E-state index contributed by atoms with van der Waals surface area (Å²) in [6, 6.07) is 12.3. The van der Waals surface area contributed by atoms with E-state index in [9.17, 15) is 35.5 Å². The first-order chi connectivity index (χ1) is 15.0. The maximum atomic E-state index is 15.0. The maximum absolute atomic E-state index is 15.0. The first-order valence-corrected chi connectivity index (χ1v) is 10.9. The van der Waals surface area contributed by atoms with Gasteiger partial charge in [0.05, 0.1) is 11.1 Å². The number of benzene rings is 2. The molecule has 0 aromatic heterocycles. The number of hydrogen-bond donors (Lipinski definition) is 0. The molecule has 33 heavy (non-hydrogen) atoms. The predicted molar refractivity (Wildman–Crippen MR) is 121 cm³/mol. The monoisotopic (exact) mass is 605 g/mol. The highest BCUT2D eigenvalue weighted by Gasteiger charge is 2.75. The molecule has 0 aliphatic carbocycles. The second-order valence-corrected chi connectivity index (χ2v) is 9.40. The van der Waals surface area contributed by atoms with E-state index in [1.165, 1.54) is 25.2 Å². The lowest BCUT2D eigenvalue weighted by atomic mass is 9.67. The lowest BCUT2D eigenvalue weighted by Gasteiger charge is -2.45. The SMILES string of the molecule is CN1C(=O)C(C)(CC(F)(C(F)(F)F)C(F)(F)F)C(=C(I)c2ccccc2)c2cc(Cl)ccc21. The largest absolute Gasteiger partial charge is 0.431 e. The first-order valence-electron chi connectivity index (χ1n) is 9.41. The third-order valence-corrected chi connectivity index (χ3v) is 7.06. The van der Waals surface area contributed by atoms with Gasteiger partial charge < -0.3 is 4.90 Å². The van der Waals surface area contributed by atoms with Crippen molar-refractivity contribution in [3.8, 4) is 0 Å². The van der Waals surface area contributed by atoms with Gasteiger partial charge in [-0.25, -0.2) is 4.39 Å². The molecular formula is C22H16ClF7INO. The van der Waals surface area contributed by atoms with Crippen molar-refractivity contribution in [3.05, 3.63) is 64.7 Å². The highest BCUT2D eigenvalue weighted by molar-refractivity contribution is 14.1. The van der Waals surface area contributed by atoms with Crippen LogP contribution in [0, 0.1) is 5.41 Å². The van der Waals surface area contributed by atoms with Crippen LogP contribution in [0.15, 0.2) is 48.5 Å². The minimum atomic E-state index is -6.30. The van der Waals surface area contributed by atoms with Crippen LogP contribution < -0.4 is 4.90 Å². The summed E-state index contributed by atoms with van der Waals surface area (Å²) in [6.45, 7) is 0.901. The minimum Gasteiger partial charge on any atom is -0.314 e. The van der Waals surface area contributed by atoms with Gasteiger partial charge in [-0.15, -0.1) is 0 Å². The van der Waals surface area contributed by atoms with Crippen LogP contribution in [0.25, 0.3) is 9.15 Å². The van der Waals surface area contributed by atoms with Gasteiger partial charge in [0.15, 0.2) is 0 Å². The van der Waals surface area contributed by atoms with E-state index in [0.29, 0.717) is 5.56 Å².